The molecule has 1 aliphatic heterocycles. The molecule has 1 amide bonds. The number of piperidine rings is 1. The highest BCUT2D eigenvalue weighted by molar-refractivity contribution is 5.94. The van der Waals surface area contributed by atoms with E-state index in [-0.39, 0.29) is 17.7 Å². The second-order valence-corrected chi connectivity index (χ2v) is 8.96. The monoisotopic (exact) mass is 494 g/mol. The number of hydrogen-bond donors (Lipinski definition) is 0. The van der Waals surface area contributed by atoms with Crippen molar-refractivity contribution in [2.45, 2.75) is 38.5 Å². The summed E-state index contributed by atoms with van der Waals surface area (Å²) in [5, 5.41) is 0. The Balaban J connectivity index is 1.44. The highest BCUT2D eigenvalue weighted by Crippen LogP contribution is 2.26. The molecule has 1 fully saturated rings. The van der Waals surface area contributed by atoms with E-state index in [9.17, 15) is 13.6 Å². The number of likely N-dealkylation sites (tertiary alicyclic amines) is 1. The zero-order chi connectivity index (χ0) is 25.3. The molecule has 0 saturated carbocycles. The van der Waals surface area contributed by atoms with Gasteiger partial charge in [-0.15, -0.1) is 0 Å². The Labute approximate surface area is 211 Å². The first-order chi connectivity index (χ1) is 17.5. The van der Waals surface area contributed by atoms with Crippen molar-refractivity contribution in [2.75, 3.05) is 26.7 Å². The van der Waals surface area contributed by atoms with Gasteiger partial charge in [-0.3, -0.25) is 9.69 Å². The van der Waals surface area contributed by atoms with Gasteiger partial charge in [0.2, 0.25) is 0 Å². The molecule has 0 bridgehead atoms. The van der Waals surface area contributed by atoms with Gasteiger partial charge in [0.05, 0.1) is 7.11 Å². The van der Waals surface area contributed by atoms with E-state index in [1.54, 1.807) is 25.3 Å². The molecular formula is C29H32F2N2O3. The average Bonchev–Trinajstić information content (AvgIpc) is 2.91. The largest absolute Gasteiger partial charge is 0.497 e. The van der Waals surface area contributed by atoms with Crippen molar-refractivity contribution < 1.29 is 23.0 Å². The number of carbonyl (C=O) groups excluding carboxylic acids is 1. The summed E-state index contributed by atoms with van der Waals surface area (Å²) in [4.78, 5) is 17.8. The van der Waals surface area contributed by atoms with E-state index in [1.165, 1.54) is 5.56 Å². The lowest BCUT2D eigenvalue weighted by Gasteiger charge is -2.39. The molecule has 0 aromatic heterocycles. The van der Waals surface area contributed by atoms with E-state index in [1.807, 2.05) is 53.4 Å². The van der Waals surface area contributed by atoms with Gasteiger partial charge in [-0.05, 0) is 49.1 Å². The van der Waals surface area contributed by atoms with Crippen molar-refractivity contribution in [3.8, 4) is 11.5 Å². The van der Waals surface area contributed by atoms with Crippen LogP contribution in [0.1, 0.15) is 34.3 Å². The van der Waals surface area contributed by atoms with Gasteiger partial charge in [0.15, 0.2) is 0 Å². The van der Waals surface area contributed by atoms with Gasteiger partial charge in [-0.25, -0.2) is 0 Å². The van der Waals surface area contributed by atoms with Crippen LogP contribution in [0.2, 0.25) is 0 Å². The fourth-order valence-electron chi connectivity index (χ4n) is 4.74. The van der Waals surface area contributed by atoms with Crippen molar-refractivity contribution in [3.63, 3.8) is 0 Å². The summed E-state index contributed by atoms with van der Waals surface area (Å²) in [6.45, 7) is -0.168. The summed E-state index contributed by atoms with van der Waals surface area (Å²) in [5.74, 6) is 0.870. The molecule has 3 aromatic carbocycles. The Morgan fingerprint density at radius 1 is 1.00 bits per heavy atom. The molecule has 5 nitrogen and oxygen atoms in total. The number of rotatable bonds is 10. The first-order valence-electron chi connectivity index (χ1n) is 12.3. The number of nitrogens with zero attached hydrogens (tertiary/aromatic N) is 2. The van der Waals surface area contributed by atoms with Crippen molar-refractivity contribution in [3.05, 3.63) is 95.6 Å². The zero-order valence-electron chi connectivity index (χ0n) is 20.5. The smallest absolute Gasteiger partial charge is 0.387 e. The van der Waals surface area contributed by atoms with E-state index in [0.29, 0.717) is 24.4 Å². The second kappa shape index (κ2) is 12.5. The fourth-order valence-corrected chi connectivity index (χ4v) is 4.74. The molecule has 3 aromatic rings. The molecule has 36 heavy (non-hydrogen) atoms. The van der Waals surface area contributed by atoms with Gasteiger partial charge >= 0.3 is 6.61 Å². The molecule has 0 aliphatic carbocycles. The molecule has 0 spiro atoms. The maximum absolute atomic E-state index is 13.6. The van der Waals surface area contributed by atoms with Crippen LogP contribution >= 0.6 is 0 Å². The Hall–Kier alpha value is -3.45. The zero-order valence-corrected chi connectivity index (χ0v) is 20.5. The van der Waals surface area contributed by atoms with E-state index in [4.69, 9.17) is 9.47 Å². The number of alkyl halides is 2. The van der Waals surface area contributed by atoms with Crippen LogP contribution in [0.25, 0.3) is 0 Å². The molecule has 1 aliphatic rings. The van der Waals surface area contributed by atoms with Crippen molar-refractivity contribution in [1.82, 2.24) is 9.80 Å². The van der Waals surface area contributed by atoms with Crippen LogP contribution in [0.15, 0.2) is 78.9 Å². The average molecular weight is 495 g/mol. The summed E-state index contributed by atoms with van der Waals surface area (Å²) < 4.78 is 35.6. The first kappa shape index (κ1) is 25.6. The Kier molecular flexibility index (Phi) is 8.90. The maximum Gasteiger partial charge on any atom is 0.387 e. The summed E-state index contributed by atoms with van der Waals surface area (Å²) >= 11 is 0. The SMILES string of the molecule is COc1cccc(C(=O)N(CCc2ccccc2)C2CCN(Cc3ccccc3OC(F)F)CC2)c1. The van der Waals surface area contributed by atoms with Crippen LogP contribution in [0.3, 0.4) is 0 Å². The van der Waals surface area contributed by atoms with Crippen LogP contribution in [-0.2, 0) is 13.0 Å². The fraction of sp³-hybridized carbons (Fsp3) is 0.345. The summed E-state index contributed by atoms with van der Waals surface area (Å²) in [7, 11) is 1.59. The number of halogens is 2. The summed E-state index contributed by atoms with van der Waals surface area (Å²) in [6.07, 6.45) is 2.39. The van der Waals surface area contributed by atoms with E-state index in [2.05, 4.69) is 17.0 Å². The number of ether oxygens (including phenoxy) is 2. The molecule has 7 heteroatoms. The number of methoxy groups -OCH3 is 1. The third kappa shape index (κ3) is 6.82. The van der Waals surface area contributed by atoms with Gasteiger partial charge in [0.25, 0.3) is 5.91 Å². The highest BCUT2D eigenvalue weighted by Gasteiger charge is 2.29. The molecule has 4 rings (SSSR count). The quantitative estimate of drug-likeness (QED) is 0.366. The van der Waals surface area contributed by atoms with Crippen LogP contribution in [0.5, 0.6) is 11.5 Å². The normalized spacial score (nSPS) is 14.6. The molecule has 0 radical (unpaired) electrons. The van der Waals surface area contributed by atoms with Crippen LogP contribution < -0.4 is 9.47 Å². The third-order valence-corrected chi connectivity index (χ3v) is 6.64. The molecule has 0 unspecified atom stereocenters. The summed E-state index contributed by atoms with van der Waals surface area (Å²) in [5.41, 5.74) is 2.54. The van der Waals surface area contributed by atoms with Crippen molar-refractivity contribution in [2.24, 2.45) is 0 Å². The minimum absolute atomic E-state index is 0.000963. The van der Waals surface area contributed by atoms with E-state index in [0.717, 1.165) is 37.9 Å². The lowest BCUT2D eigenvalue weighted by molar-refractivity contribution is -0.0508. The van der Waals surface area contributed by atoms with Crippen molar-refractivity contribution in [1.29, 1.82) is 0 Å². The van der Waals surface area contributed by atoms with Gasteiger partial charge in [-0.2, -0.15) is 8.78 Å². The van der Waals surface area contributed by atoms with Gasteiger partial charge in [-0.1, -0.05) is 54.6 Å². The Morgan fingerprint density at radius 3 is 2.44 bits per heavy atom. The molecule has 1 saturated heterocycles. The van der Waals surface area contributed by atoms with Crippen LogP contribution in [0.4, 0.5) is 8.78 Å². The standard InChI is InChI=1S/C29H32F2N2O3/c1-35-26-12-7-11-23(20-26)28(34)33(19-14-22-8-3-2-4-9-22)25-15-17-32(18-16-25)21-24-10-5-6-13-27(24)36-29(30)31/h2-13,20,25,29H,14-19,21H2,1H3. The molecule has 0 N–H and O–H groups in total. The van der Waals surface area contributed by atoms with Gasteiger partial charge in [0, 0.05) is 43.3 Å². The van der Waals surface area contributed by atoms with Crippen LogP contribution in [0, 0.1) is 0 Å². The number of para-hydroxylation sites is 1. The highest BCUT2D eigenvalue weighted by atomic mass is 19.3. The Morgan fingerprint density at radius 2 is 1.72 bits per heavy atom. The van der Waals surface area contributed by atoms with Gasteiger partial charge < -0.3 is 14.4 Å². The Bertz CT molecular complexity index is 1120. The number of carbonyl (C=O) groups is 1. The first-order valence-corrected chi connectivity index (χ1v) is 12.3. The van der Waals surface area contributed by atoms with Gasteiger partial charge in [0.1, 0.15) is 11.5 Å². The van der Waals surface area contributed by atoms with E-state index < -0.39 is 6.61 Å². The number of benzene rings is 3. The second-order valence-electron chi connectivity index (χ2n) is 8.96. The predicted octanol–water partition coefficient (Wildman–Crippen LogP) is 5.65. The number of amides is 1. The van der Waals surface area contributed by atoms with E-state index >= 15 is 0 Å². The third-order valence-electron chi connectivity index (χ3n) is 6.64. The lowest BCUT2D eigenvalue weighted by atomic mass is 10.00. The minimum Gasteiger partial charge on any atom is -0.497 e. The van der Waals surface area contributed by atoms with Crippen LogP contribution in [-0.4, -0.2) is 55.1 Å². The molecule has 1 heterocycles. The molecule has 190 valence electrons. The topological polar surface area (TPSA) is 42.0 Å². The lowest BCUT2D eigenvalue weighted by Crippen LogP contribution is -2.48. The minimum atomic E-state index is -2.85. The molecule has 0 atom stereocenters. The molecular weight excluding hydrogens is 462 g/mol. The van der Waals surface area contributed by atoms with Crippen molar-refractivity contribution >= 4 is 5.91 Å². The number of hydrogen-bond acceptors (Lipinski definition) is 4. The predicted molar refractivity (Wildman–Crippen MR) is 136 cm³/mol. The summed E-state index contributed by atoms with van der Waals surface area (Å²) in [6, 6.07) is 24.5. The maximum atomic E-state index is 13.6.